The number of anilines is 2. The van der Waals surface area contributed by atoms with Crippen molar-refractivity contribution < 1.29 is 9.90 Å². The third-order valence-electron chi connectivity index (χ3n) is 3.15. The van der Waals surface area contributed by atoms with Gasteiger partial charge in [-0.25, -0.2) is 4.79 Å². The van der Waals surface area contributed by atoms with Gasteiger partial charge in [-0.15, -0.1) is 0 Å². The first-order valence-electron chi connectivity index (χ1n) is 6.26. The Morgan fingerprint density at radius 3 is 2.25 bits per heavy atom. The van der Waals surface area contributed by atoms with Gasteiger partial charge in [-0.1, -0.05) is 29.3 Å². The van der Waals surface area contributed by atoms with Gasteiger partial charge in [0.15, 0.2) is 0 Å². The highest BCUT2D eigenvalue weighted by Gasteiger charge is 2.12. The van der Waals surface area contributed by atoms with E-state index in [0.29, 0.717) is 10.7 Å². The summed E-state index contributed by atoms with van der Waals surface area (Å²) in [6.07, 6.45) is 0. The summed E-state index contributed by atoms with van der Waals surface area (Å²) in [5.41, 5.74) is 4.93. The standard InChI is InChI=1S/C16H16ClNO2/c1-9-6-10(2)15(11(3)7-9)18-14-8-12(17)4-5-13(14)16(19)20/h4-8,18H,1-3H3,(H,19,20). The van der Waals surface area contributed by atoms with E-state index in [9.17, 15) is 9.90 Å². The molecule has 2 rings (SSSR count). The molecule has 0 aromatic heterocycles. The van der Waals surface area contributed by atoms with Crippen LogP contribution >= 0.6 is 11.6 Å². The molecule has 0 amide bonds. The highest BCUT2D eigenvalue weighted by Crippen LogP contribution is 2.29. The first-order valence-corrected chi connectivity index (χ1v) is 6.64. The van der Waals surface area contributed by atoms with Gasteiger partial charge in [0.1, 0.15) is 0 Å². The molecule has 0 aliphatic rings. The smallest absolute Gasteiger partial charge is 0.337 e. The van der Waals surface area contributed by atoms with Crippen molar-refractivity contribution in [1.29, 1.82) is 0 Å². The summed E-state index contributed by atoms with van der Waals surface area (Å²) >= 11 is 5.96. The van der Waals surface area contributed by atoms with Crippen LogP contribution in [0.4, 0.5) is 11.4 Å². The van der Waals surface area contributed by atoms with E-state index in [-0.39, 0.29) is 5.56 Å². The number of rotatable bonds is 3. The largest absolute Gasteiger partial charge is 0.478 e. The molecule has 2 N–H and O–H groups in total. The van der Waals surface area contributed by atoms with Crippen LogP contribution in [0.15, 0.2) is 30.3 Å². The molecule has 0 aliphatic heterocycles. The Kier molecular flexibility index (Phi) is 4.00. The third kappa shape index (κ3) is 2.94. The summed E-state index contributed by atoms with van der Waals surface area (Å²) in [4.78, 5) is 11.3. The van der Waals surface area contributed by atoms with Crippen LogP contribution in [-0.2, 0) is 0 Å². The minimum absolute atomic E-state index is 0.203. The Labute approximate surface area is 123 Å². The normalized spacial score (nSPS) is 10.4. The Morgan fingerprint density at radius 2 is 1.70 bits per heavy atom. The van der Waals surface area contributed by atoms with Crippen molar-refractivity contribution in [3.63, 3.8) is 0 Å². The zero-order chi connectivity index (χ0) is 14.9. The molecule has 20 heavy (non-hydrogen) atoms. The quantitative estimate of drug-likeness (QED) is 0.860. The molecule has 0 spiro atoms. The Balaban J connectivity index is 2.50. The molecule has 0 radical (unpaired) electrons. The summed E-state index contributed by atoms with van der Waals surface area (Å²) in [6, 6.07) is 8.82. The van der Waals surface area contributed by atoms with Crippen LogP contribution in [0, 0.1) is 20.8 Å². The maximum absolute atomic E-state index is 11.3. The minimum Gasteiger partial charge on any atom is -0.478 e. The summed E-state index contributed by atoms with van der Waals surface area (Å²) in [6.45, 7) is 6.02. The van der Waals surface area contributed by atoms with Crippen LogP contribution in [0.5, 0.6) is 0 Å². The number of halogens is 1. The summed E-state index contributed by atoms with van der Waals surface area (Å²) in [7, 11) is 0. The molecule has 0 aliphatic carbocycles. The number of aromatic carboxylic acids is 1. The fraction of sp³-hybridized carbons (Fsp3) is 0.188. The van der Waals surface area contributed by atoms with Gasteiger partial charge >= 0.3 is 5.97 Å². The van der Waals surface area contributed by atoms with Gasteiger partial charge in [-0.3, -0.25) is 0 Å². The lowest BCUT2D eigenvalue weighted by Crippen LogP contribution is -2.04. The van der Waals surface area contributed by atoms with E-state index in [4.69, 9.17) is 11.6 Å². The van der Waals surface area contributed by atoms with E-state index >= 15 is 0 Å². The molecular formula is C16H16ClNO2. The predicted octanol–water partition coefficient (Wildman–Crippen LogP) is 4.71. The molecule has 0 atom stereocenters. The highest BCUT2D eigenvalue weighted by atomic mass is 35.5. The summed E-state index contributed by atoms with van der Waals surface area (Å²) in [5, 5.41) is 12.9. The van der Waals surface area contributed by atoms with Gasteiger partial charge < -0.3 is 10.4 Å². The first kappa shape index (κ1) is 14.4. The van der Waals surface area contributed by atoms with Crippen LogP contribution in [0.3, 0.4) is 0 Å². The van der Waals surface area contributed by atoms with E-state index in [2.05, 4.69) is 17.4 Å². The van der Waals surface area contributed by atoms with Crippen molar-refractivity contribution in [2.45, 2.75) is 20.8 Å². The maximum Gasteiger partial charge on any atom is 0.337 e. The fourth-order valence-corrected chi connectivity index (χ4v) is 2.49. The topological polar surface area (TPSA) is 49.3 Å². The van der Waals surface area contributed by atoms with Gasteiger partial charge in [0.2, 0.25) is 0 Å². The lowest BCUT2D eigenvalue weighted by molar-refractivity contribution is 0.0698. The number of carboxylic acids is 1. The van der Waals surface area contributed by atoms with Gasteiger partial charge in [-0.2, -0.15) is 0 Å². The van der Waals surface area contributed by atoms with Gasteiger partial charge in [0, 0.05) is 10.7 Å². The number of benzene rings is 2. The van der Waals surface area contributed by atoms with Gasteiger partial charge in [0.05, 0.1) is 11.3 Å². The molecular weight excluding hydrogens is 274 g/mol. The van der Waals surface area contributed by atoms with Crippen molar-refractivity contribution in [3.8, 4) is 0 Å². The van der Waals surface area contributed by atoms with E-state index in [1.54, 1.807) is 12.1 Å². The van der Waals surface area contributed by atoms with Crippen molar-refractivity contribution in [2.24, 2.45) is 0 Å². The number of carboxylic acid groups (broad SMARTS) is 1. The third-order valence-corrected chi connectivity index (χ3v) is 3.38. The van der Waals surface area contributed by atoms with Gasteiger partial charge in [0.25, 0.3) is 0 Å². The lowest BCUT2D eigenvalue weighted by atomic mass is 10.0. The number of carbonyl (C=O) groups is 1. The van der Waals surface area contributed by atoms with Crippen molar-refractivity contribution in [3.05, 3.63) is 57.6 Å². The highest BCUT2D eigenvalue weighted by molar-refractivity contribution is 6.31. The zero-order valence-electron chi connectivity index (χ0n) is 11.6. The minimum atomic E-state index is -0.980. The van der Waals surface area contributed by atoms with E-state index in [0.717, 1.165) is 16.8 Å². The Morgan fingerprint density at radius 1 is 1.10 bits per heavy atom. The molecule has 3 nitrogen and oxygen atoms in total. The second-order valence-corrected chi connectivity index (χ2v) is 5.33. The van der Waals surface area contributed by atoms with Crippen LogP contribution in [0.25, 0.3) is 0 Å². The number of nitrogens with one attached hydrogen (secondary N) is 1. The average Bonchev–Trinajstić information content (AvgIpc) is 2.33. The van der Waals surface area contributed by atoms with Crippen molar-refractivity contribution in [2.75, 3.05) is 5.32 Å². The van der Waals surface area contributed by atoms with E-state index < -0.39 is 5.97 Å². The second kappa shape index (κ2) is 5.55. The van der Waals surface area contributed by atoms with Crippen LogP contribution in [-0.4, -0.2) is 11.1 Å². The van der Waals surface area contributed by atoms with E-state index in [1.165, 1.54) is 11.6 Å². The van der Waals surface area contributed by atoms with Crippen LogP contribution in [0.2, 0.25) is 5.02 Å². The molecule has 2 aromatic carbocycles. The molecule has 104 valence electrons. The van der Waals surface area contributed by atoms with Gasteiger partial charge in [-0.05, 0) is 50.1 Å². The predicted molar refractivity (Wildman–Crippen MR) is 82.3 cm³/mol. The average molecular weight is 290 g/mol. The molecule has 0 saturated carbocycles. The van der Waals surface area contributed by atoms with Crippen LogP contribution in [0.1, 0.15) is 27.0 Å². The van der Waals surface area contributed by atoms with Crippen molar-refractivity contribution >= 4 is 28.9 Å². The second-order valence-electron chi connectivity index (χ2n) is 4.89. The number of hydrogen-bond donors (Lipinski definition) is 2. The SMILES string of the molecule is Cc1cc(C)c(Nc2cc(Cl)ccc2C(=O)O)c(C)c1. The molecule has 0 fully saturated rings. The first-order chi connectivity index (χ1) is 9.38. The lowest BCUT2D eigenvalue weighted by Gasteiger charge is -2.15. The summed E-state index contributed by atoms with van der Waals surface area (Å²) in [5.74, 6) is -0.980. The molecule has 0 saturated heterocycles. The van der Waals surface area contributed by atoms with Crippen molar-refractivity contribution in [1.82, 2.24) is 0 Å². The maximum atomic E-state index is 11.3. The molecule has 0 heterocycles. The fourth-order valence-electron chi connectivity index (χ4n) is 2.32. The molecule has 2 aromatic rings. The van der Waals surface area contributed by atoms with Crippen LogP contribution < -0.4 is 5.32 Å². The number of aryl methyl sites for hydroxylation is 3. The molecule has 4 heteroatoms. The number of hydrogen-bond acceptors (Lipinski definition) is 2. The molecule has 0 unspecified atom stereocenters. The zero-order valence-corrected chi connectivity index (χ0v) is 12.4. The van der Waals surface area contributed by atoms with E-state index in [1.807, 2.05) is 20.8 Å². The summed E-state index contributed by atoms with van der Waals surface area (Å²) < 4.78 is 0. The Hall–Kier alpha value is -2.00. The molecule has 0 bridgehead atoms. The monoisotopic (exact) mass is 289 g/mol. The Bertz CT molecular complexity index is 657.